The molecule has 1 aliphatic carbocycles. The molecule has 1 radical (unpaired) electrons. The molecule has 65 heavy (non-hydrogen) atoms. The normalized spacial score (nSPS) is 13.3. The number of imidazole rings is 1. The first-order valence-corrected chi connectivity index (χ1v) is 26.6. The average molecular weight is 1050 g/mol. The minimum atomic E-state index is -1.36. The van der Waals surface area contributed by atoms with E-state index in [1.807, 2.05) is 43.5 Å². The van der Waals surface area contributed by atoms with E-state index >= 15 is 0 Å². The molecule has 0 bridgehead atoms. The van der Waals surface area contributed by atoms with E-state index in [2.05, 4.69) is 148 Å². The SMILES string of the molecule is C[Si](C)(C)c1cnc(-c2[c-]cccc2)cc1CC1CCCCC1.Cc1cc2nc(-c3[c-]ccc4c3oc3nc(CC(C)C)ccc34)n(-c3c(C)cc(-c4ccccc4)cc3C)c2cn1.[Ir]. The topological polar surface area (TPSA) is 69.6 Å². The van der Waals surface area contributed by atoms with Gasteiger partial charge in [0, 0.05) is 48.8 Å². The molecule has 1 fully saturated rings. The van der Waals surface area contributed by atoms with Crippen LogP contribution in [-0.4, -0.2) is 32.6 Å². The van der Waals surface area contributed by atoms with Gasteiger partial charge in [0.05, 0.1) is 36.7 Å². The number of nitrogens with zero attached hydrogens (tertiary/aromatic N) is 5. The molecule has 0 amide bonds. The second-order valence-electron chi connectivity index (χ2n) is 19.3. The van der Waals surface area contributed by atoms with Crippen LogP contribution in [0.1, 0.15) is 74.0 Å². The van der Waals surface area contributed by atoms with Crippen LogP contribution in [0, 0.1) is 44.7 Å². The minimum Gasteiger partial charge on any atom is -0.486 e. The van der Waals surface area contributed by atoms with Crippen LogP contribution < -0.4 is 5.19 Å². The zero-order valence-electron chi connectivity index (χ0n) is 39.1. The fourth-order valence-corrected chi connectivity index (χ4v) is 11.3. The summed E-state index contributed by atoms with van der Waals surface area (Å²) in [5.41, 5.74) is 15.5. The maximum Gasteiger partial charge on any atom is 0.216 e. The van der Waals surface area contributed by atoms with E-state index in [0.29, 0.717) is 11.6 Å². The van der Waals surface area contributed by atoms with Crippen molar-refractivity contribution in [1.82, 2.24) is 24.5 Å². The van der Waals surface area contributed by atoms with E-state index in [1.54, 1.807) is 10.8 Å². The molecule has 9 aromatic rings. The van der Waals surface area contributed by atoms with Crippen molar-refractivity contribution >= 4 is 46.4 Å². The van der Waals surface area contributed by atoms with Crippen LogP contribution in [0.5, 0.6) is 0 Å². The van der Waals surface area contributed by atoms with Gasteiger partial charge >= 0.3 is 0 Å². The minimum absolute atomic E-state index is 0. The summed E-state index contributed by atoms with van der Waals surface area (Å²) in [5, 5.41) is 3.56. The maximum absolute atomic E-state index is 6.50. The Morgan fingerprint density at radius 3 is 2.22 bits per heavy atom. The Kier molecular flexibility index (Phi) is 13.8. The second kappa shape index (κ2) is 19.5. The third kappa shape index (κ3) is 9.86. The van der Waals surface area contributed by atoms with E-state index in [4.69, 9.17) is 19.4 Å². The number of hydrogen-bond donors (Lipinski definition) is 0. The van der Waals surface area contributed by atoms with Crippen molar-refractivity contribution in [3.8, 4) is 39.5 Å². The van der Waals surface area contributed by atoms with Crippen LogP contribution in [0.15, 0.2) is 120 Å². The number of hydrogen-bond acceptors (Lipinski definition) is 5. The summed E-state index contributed by atoms with van der Waals surface area (Å²) < 4.78 is 8.72. The molecular formula is C57H59IrN5OSi-2. The molecule has 0 N–H and O–H groups in total. The molecule has 0 spiro atoms. The third-order valence-corrected chi connectivity index (χ3v) is 14.8. The number of benzene rings is 4. The van der Waals surface area contributed by atoms with Crippen LogP contribution in [0.25, 0.3) is 72.6 Å². The predicted octanol–water partition coefficient (Wildman–Crippen LogP) is 14.2. The van der Waals surface area contributed by atoms with Gasteiger partial charge in [0.2, 0.25) is 5.71 Å². The summed E-state index contributed by atoms with van der Waals surface area (Å²) >= 11 is 0. The Hall–Kier alpha value is -5.53. The number of furan rings is 1. The fourth-order valence-electron chi connectivity index (χ4n) is 9.68. The van der Waals surface area contributed by atoms with Crippen molar-refractivity contribution < 1.29 is 24.5 Å². The van der Waals surface area contributed by atoms with Gasteiger partial charge < -0.3 is 14.0 Å². The Morgan fingerprint density at radius 2 is 1.51 bits per heavy atom. The van der Waals surface area contributed by atoms with E-state index in [1.165, 1.54) is 49.7 Å². The monoisotopic (exact) mass is 1050 g/mol. The Bertz CT molecular complexity index is 3060. The molecule has 0 aliphatic heterocycles. The first-order valence-electron chi connectivity index (χ1n) is 23.1. The van der Waals surface area contributed by atoms with Crippen molar-refractivity contribution in [2.75, 3.05) is 0 Å². The van der Waals surface area contributed by atoms with Gasteiger partial charge in [-0.15, -0.1) is 54.1 Å². The fraction of sp³-hybridized carbons (Fsp3) is 0.298. The first-order chi connectivity index (χ1) is 30.9. The van der Waals surface area contributed by atoms with Gasteiger partial charge in [-0.1, -0.05) is 119 Å². The van der Waals surface area contributed by atoms with Crippen LogP contribution in [0.2, 0.25) is 19.6 Å². The summed E-state index contributed by atoms with van der Waals surface area (Å²) in [6, 6.07) is 42.6. The quantitative estimate of drug-likeness (QED) is 0.106. The van der Waals surface area contributed by atoms with Crippen LogP contribution >= 0.6 is 0 Å². The Balaban J connectivity index is 0.000000204. The standard InChI is InChI=1S/C36H31N4O.C21H28NSi.Ir/c1-21(2)16-27-14-15-29-28-12-9-13-30(34(28)41-36(29)38-27)35-39-31-19-24(5)37-20-32(31)40(35)33-22(3)17-26(18-23(33)4)25-10-7-6-8-11-25;1-23(2,3)21-16-22-20(18-12-8-5-9-13-18)15-19(21)14-17-10-6-4-7-11-17;/h6-12,14-15,17-21H,16H2,1-5H3;5,8-9,12,15-17H,4,6-7,10-11,14H2,1-3H3;/q2*-1;. The van der Waals surface area contributed by atoms with Crippen LogP contribution in [0.4, 0.5) is 0 Å². The molecule has 6 nitrogen and oxygen atoms in total. The number of fused-ring (bicyclic) bond motifs is 4. The van der Waals surface area contributed by atoms with Gasteiger partial charge in [-0.2, -0.15) is 0 Å². The summed E-state index contributed by atoms with van der Waals surface area (Å²) in [6.07, 6.45) is 13.3. The van der Waals surface area contributed by atoms with Crippen molar-refractivity contribution in [2.24, 2.45) is 11.8 Å². The molecule has 8 heteroatoms. The van der Waals surface area contributed by atoms with Crippen molar-refractivity contribution in [3.05, 3.63) is 156 Å². The molecule has 1 aliphatic rings. The largest absolute Gasteiger partial charge is 0.486 e. The predicted molar refractivity (Wildman–Crippen MR) is 268 cm³/mol. The van der Waals surface area contributed by atoms with Crippen LogP contribution in [0.3, 0.4) is 0 Å². The molecule has 4 aromatic carbocycles. The number of aryl methyl sites for hydroxylation is 3. The third-order valence-electron chi connectivity index (χ3n) is 12.7. The second-order valence-corrected chi connectivity index (χ2v) is 24.4. The van der Waals surface area contributed by atoms with E-state index in [-0.39, 0.29) is 20.1 Å². The van der Waals surface area contributed by atoms with Gasteiger partial charge in [-0.25, -0.2) is 4.98 Å². The summed E-state index contributed by atoms with van der Waals surface area (Å²) in [7, 11) is -1.36. The average Bonchev–Trinajstić information content (AvgIpc) is 3.84. The first kappa shape index (κ1) is 46.0. The van der Waals surface area contributed by atoms with Crippen molar-refractivity contribution in [3.63, 3.8) is 0 Å². The molecule has 1 saturated carbocycles. The van der Waals surface area contributed by atoms with Crippen molar-refractivity contribution in [2.45, 2.75) is 99.2 Å². The number of pyridine rings is 3. The van der Waals surface area contributed by atoms with Gasteiger partial charge in [0.1, 0.15) is 0 Å². The van der Waals surface area contributed by atoms with Gasteiger partial charge in [0.25, 0.3) is 0 Å². The zero-order chi connectivity index (χ0) is 44.5. The molecule has 5 heterocycles. The number of rotatable bonds is 9. The summed E-state index contributed by atoms with van der Waals surface area (Å²) in [6.45, 7) is 18.0. The van der Waals surface area contributed by atoms with E-state index in [9.17, 15) is 0 Å². The summed E-state index contributed by atoms with van der Waals surface area (Å²) in [4.78, 5) is 19.5. The molecule has 5 aromatic heterocycles. The Labute approximate surface area is 399 Å². The Morgan fingerprint density at radius 1 is 0.754 bits per heavy atom. The van der Waals surface area contributed by atoms with Gasteiger partial charge in [0.15, 0.2) is 0 Å². The molecule has 0 unspecified atom stereocenters. The molecule has 10 rings (SSSR count). The van der Waals surface area contributed by atoms with Gasteiger partial charge in [-0.05, 0) is 109 Å². The van der Waals surface area contributed by atoms with Gasteiger partial charge in [-0.3, -0.25) is 9.97 Å². The summed E-state index contributed by atoms with van der Waals surface area (Å²) in [5.74, 6) is 2.16. The molecule has 333 valence electrons. The zero-order valence-corrected chi connectivity index (χ0v) is 42.4. The van der Waals surface area contributed by atoms with Crippen molar-refractivity contribution in [1.29, 1.82) is 0 Å². The molecular weight excluding hydrogens is 991 g/mol. The molecule has 0 atom stereocenters. The molecule has 0 saturated heterocycles. The van der Waals surface area contributed by atoms with E-state index < -0.39 is 8.07 Å². The maximum atomic E-state index is 6.50. The van der Waals surface area contributed by atoms with E-state index in [0.717, 1.165) is 90.6 Å². The number of aromatic nitrogens is 5. The smallest absolute Gasteiger partial charge is 0.216 e. The van der Waals surface area contributed by atoms with Crippen LogP contribution in [-0.2, 0) is 32.9 Å².